The Hall–Kier alpha value is -4.01. The number of rotatable bonds is 8. The lowest BCUT2D eigenvalue weighted by molar-refractivity contribution is -0.127. The first-order chi connectivity index (χ1) is 17.1. The Bertz CT molecular complexity index is 1360. The van der Waals surface area contributed by atoms with Gasteiger partial charge in [-0.2, -0.15) is 4.52 Å². The second-order valence-electron chi connectivity index (χ2n) is 9.62. The van der Waals surface area contributed by atoms with E-state index in [1.165, 1.54) is 16.6 Å². The molecule has 2 aromatic heterocycles. The van der Waals surface area contributed by atoms with Gasteiger partial charge < -0.3 is 14.8 Å². The highest BCUT2D eigenvalue weighted by Crippen LogP contribution is 2.32. The summed E-state index contributed by atoms with van der Waals surface area (Å²) in [6, 6.07) is 15.3. The first-order valence-electron chi connectivity index (χ1n) is 11.8. The number of benzene rings is 2. The molecule has 1 atom stereocenters. The van der Waals surface area contributed by atoms with Crippen LogP contribution < -0.4 is 14.8 Å². The smallest absolute Gasteiger partial charge is 0.260 e. The molecule has 0 aliphatic rings. The Morgan fingerprint density at radius 2 is 1.83 bits per heavy atom. The quantitative estimate of drug-likeness (QED) is 0.365. The number of aryl methyl sites for hydroxylation is 1. The Morgan fingerprint density at radius 1 is 1.08 bits per heavy atom. The second-order valence-corrected chi connectivity index (χ2v) is 9.62. The Labute approximate surface area is 209 Å². The molecule has 1 unspecified atom stereocenters. The zero-order valence-corrected chi connectivity index (χ0v) is 21.1. The molecular formula is C27H30FN5O3. The summed E-state index contributed by atoms with van der Waals surface area (Å²) in [5, 5.41) is 15.5. The van der Waals surface area contributed by atoms with Crippen LogP contribution in [-0.2, 0) is 10.2 Å². The highest BCUT2D eigenvalue weighted by Gasteiger charge is 2.22. The van der Waals surface area contributed by atoms with Gasteiger partial charge in [0.1, 0.15) is 18.2 Å². The van der Waals surface area contributed by atoms with Gasteiger partial charge in [-0.05, 0) is 61.2 Å². The molecule has 0 fully saturated rings. The van der Waals surface area contributed by atoms with E-state index in [0.717, 1.165) is 11.1 Å². The number of carbonyl (C=O) groups is 1. The van der Waals surface area contributed by atoms with Gasteiger partial charge in [0.15, 0.2) is 17.6 Å². The maximum Gasteiger partial charge on any atom is 0.260 e. The van der Waals surface area contributed by atoms with Crippen LogP contribution in [0.25, 0.3) is 17.0 Å². The summed E-state index contributed by atoms with van der Waals surface area (Å²) in [5.74, 6) is 0.953. The second kappa shape index (κ2) is 10.3. The molecule has 1 N–H and O–H groups in total. The van der Waals surface area contributed by atoms with Crippen molar-refractivity contribution in [2.75, 3.05) is 13.2 Å². The molecule has 9 heteroatoms. The highest BCUT2D eigenvalue weighted by atomic mass is 19.1. The fourth-order valence-corrected chi connectivity index (χ4v) is 3.68. The Kier molecular flexibility index (Phi) is 7.19. The van der Waals surface area contributed by atoms with Crippen LogP contribution >= 0.6 is 0 Å². The molecule has 4 rings (SSSR count). The van der Waals surface area contributed by atoms with Crippen molar-refractivity contribution in [3.8, 4) is 23.0 Å². The number of amides is 1. The molecule has 8 nitrogen and oxygen atoms in total. The average Bonchev–Trinajstić information content (AvgIpc) is 3.26. The van der Waals surface area contributed by atoms with Crippen molar-refractivity contribution in [2.45, 2.75) is 46.1 Å². The first kappa shape index (κ1) is 25.1. The molecule has 2 aromatic carbocycles. The van der Waals surface area contributed by atoms with Gasteiger partial charge in [-0.3, -0.25) is 4.79 Å². The van der Waals surface area contributed by atoms with Gasteiger partial charge in [0.05, 0.1) is 6.54 Å². The molecule has 0 bridgehead atoms. The lowest BCUT2D eigenvalue weighted by Gasteiger charge is -2.25. The van der Waals surface area contributed by atoms with E-state index in [2.05, 4.69) is 47.5 Å². The van der Waals surface area contributed by atoms with Gasteiger partial charge >= 0.3 is 0 Å². The van der Waals surface area contributed by atoms with E-state index >= 15 is 0 Å². The molecule has 36 heavy (non-hydrogen) atoms. The van der Waals surface area contributed by atoms with Gasteiger partial charge in [-0.1, -0.05) is 38.5 Å². The van der Waals surface area contributed by atoms with Gasteiger partial charge in [-0.25, -0.2) is 4.39 Å². The Balaban J connectivity index is 1.33. The summed E-state index contributed by atoms with van der Waals surface area (Å²) >= 11 is 0. The number of ether oxygens (including phenoxy) is 2. The van der Waals surface area contributed by atoms with Gasteiger partial charge in [0.25, 0.3) is 5.91 Å². The largest absolute Gasteiger partial charge is 0.481 e. The molecule has 0 spiro atoms. The van der Waals surface area contributed by atoms with Crippen LogP contribution in [0.5, 0.6) is 11.6 Å². The SMILES string of the molecule is Cc1ccc(OC(C)C(=O)NCCOc2ccc3nnc(-c4ccc(F)cc4)n3n2)c(C(C)(C)C)c1. The van der Waals surface area contributed by atoms with Crippen LogP contribution in [-0.4, -0.2) is 45.0 Å². The average molecular weight is 492 g/mol. The number of fused-ring (bicyclic) bond motifs is 1. The van der Waals surface area contributed by atoms with Gasteiger partial charge in [-0.15, -0.1) is 15.3 Å². The summed E-state index contributed by atoms with van der Waals surface area (Å²) < 4.78 is 26.5. The van der Waals surface area contributed by atoms with Crippen LogP contribution in [0.4, 0.5) is 4.39 Å². The molecule has 0 saturated heterocycles. The van der Waals surface area contributed by atoms with E-state index in [-0.39, 0.29) is 30.3 Å². The minimum atomic E-state index is -0.668. The van der Waals surface area contributed by atoms with Crippen LogP contribution in [0, 0.1) is 12.7 Å². The van der Waals surface area contributed by atoms with E-state index in [9.17, 15) is 9.18 Å². The lowest BCUT2D eigenvalue weighted by Crippen LogP contribution is -2.38. The van der Waals surface area contributed by atoms with Crippen molar-refractivity contribution in [1.82, 2.24) is 25.1 Å². The van der Waals surface area contributed by atoms with E-state index in [1.54, 1.807) is 31.2 Å². The fourth-order valence-electron chi connectivity index (χ4n) is 3.68. The number of carbonyl (C=O) groups excluding carboxylic acids is 1. The van der Waals surface area contributed by atoms with Crippen molar-refractivity contribution in [3.05, 3.63) is 71.5 Å². The Morgan fingerprint density at radius 3 is 2.56 bits per heavy atom. The molecular weight excluding hydrogens is 461 g/mol. The summed E-state index contributed by atoms with van der Waals surface area (Å²) in [5.41, 5.74) is 3.30. The zero-order valence-electron chi connectivity index (χ0n) is 21.1. The summed E-state index contributed by atoms with van der Waals surface area (Å²) in [4.78, 5) is 12.6. The van der Waals surface area contributed by atoms with Crippen molar-refractivity contribution in [2.24, 2.45) is 0 Å². The highest BCUT2D eigenvalue weighted by molar-refractivity contribution is 5.80. The third kappa shape index (κ3) is 5.79. The van der Waals surface area contributed by atoms with Crippen LogP contribution in [0.1, 0.15) is 38.8 Å². The molecule has 2 heterocycles. The van der Waals surface area contributed by atoms with Crippen LogP contribution in [0.15, 0.2) is 54.6 Å². The third-order valence-corrected chi connectivity index (χ3v) is 5.61. The number of nitrogens with one attached hydrogen (secondary N) is 1. The molecule has 4 aromatic rings. The van der Waals surface area contributed by atoms with Crippen molar-refractivity contribution >= 4 is 11.6 Å². The molecule has 1 amide bonds. The molecule has 0 radical (unpaired) electrons. The summed E-state index contributed by atoms with van der Waals surface area (Å²) in [6.07, 6.45) is -0.668. The summed E-state index contributed by atoms with van der Waals surface area (Å²) in [6.45, 7) is 10.6. The van der Waals surface area contributed by atoms with Crippen LogP contribution in [0.3, 0.4) is 0 Å². The molecule has 0 aliphatic carbocycles. The standard InChI is InChI=1S/C27H30FN5O3/c1-17-6-11-22(21(16-17)27(3,4)5)36-18(2)26(34)29-14-15-35-24-13-12-23-30-31-25(33(23)32-24)19-7-9-20(28)10-8-19/h6-13,16,18H,14-15H2,1-5H3,(H,29,34). The predicted octanol–water partition coefficient (Wildman–Crippen LogP) is 4.50. The topological polar surface area (TPSA) is 90.6 Å². The van der Waals surface area contributed by atoms with Gasteiger partial charge in [0.2, 0.25) is 5.88 Å². The molecule has 0 saturated carbocycles. The number of aromatic nitrogens is 4. The first-order valence-corrected chi connectivity index (χ1v) is 11.8. The van der Waals surface area contributed by atoms with Crippen molar-refractivity contribution < 1.29 is 18.7 Å². The fraction of sp³-hybridized carbons (Fsp3) is 0.333. The maximum atomic E-state index is 13.3. The van der Waals surface area contributed by atoms with E-state index in [4.69, 9.17) is 9.47 Å². The minimum Gasteiger partial charge on any atom is -0.481 e. The lowest BCUT2D eigenvalue weighted by atomic mass is 9.85. The number of nitrogens with zero attached hydrogens (tertiary/aromatic N) is 4. The molecule has 188 valence electrons. The van der Waals surface area contributed by atoms with E-state index in [1.807, 2.05) is 19.1 Å². The zero-order chi connectivity index (χ0) is 25.9. The monoisotopic (exact) mass is 491 g/mol. The van der Waals surface area contributed by atoms with Crippen molar-refractivity contribution in [3.63, 3.8) is 0 Å². The maximum absolute atomic E-state index is 13.3. The predicted molar refractivity (Wildman–Crippen MR) is 135 cm³/mol. The van der Waals surface area contributed by atoms with Crippen LogP contribution in [0.2, 0.25) is 0 Å². The summed E-state index contributed by atoms with van der Waals surface area (Å²) in [7, 11) is 0. The number of hydrogen-bond acceptors (Lipinski definition) is 6. The van der Waals surface area contributed by atoms with Gasteiger partial charge in [0, 0.05) is 11.6 Å². The minimum absolute atomic E-state index is 0.110. The molecule has 0 aliphatic heterocycles. The number of halogens is 1. The number of hydrogen-bond donors (Lipinski definition) is 1. The van der Waals surface area contributed by atoms with E-state index < -0.39 is 6.10 Å². The third-order valence-electron chi connectivity index (χ3n) is 5.61. The van der Waals surface area contributed by atoms with Crippen molar-refractivity contribution in [1.29, 1.82) is 0 Å². The van der Waals surface area contributed by atoms with E-state index in [0.29, 0.717) is 28.7 Å². The normalized spacial score (nSPS) is 12.4.